The number of rotatable bonds is 7. The third-order valence-electron chi connectivity index (χ3n) is 5.31. The first-order valence-electron chi connectivity index (χ1n) is 9.81. The molecule has 0 saturated carbocycles. The fourth-order valence-electron chi connectivity index (χ4n) is 3.82. The topological polar surface area (TPSA) is 34.0 Å². The van der Waals surface area contributed by atoms with E-state index in [4.69, 9.17) is 23.2 Å². The van der Waals surface area contributed by atoms with Crippen LogP contribution in [0, 0.1) is 0 Å². The van der Waals surface area contributed by atoms with Crippen molar-refractivity contribution < 1.29 is 4.79 Å². The van der Waals surface area contributed by atoms with Crippen molar-refractivity contribution in [2.45, 2.75) is 18.8 Å². The Morgan fingerprint density at radius 2 is 1.97 bits per heavy atom. The van der Waals surface area contributed by atoms with Gasteiger partial charge in [-0.15, -0.1) is 11.3 Å². The van der Waals surface area contributed by atoms with Gasteiger partial charge in [0.2, 0.25) is 5.91 Å². The Bertz CT molecular complexity index is 1170. The van der Waals surface area contributed by atoms with Gasteiger partial charge in [0.15, 0.2) is 0 Å². The highest BCUT2D eigenvalue weighted by Crippen LogP contribution is 2.36. The zero-order chi connectivity index (χ0) is 21.1. The number of nitrogens with one attached hydrogen (secondary N) is 1. The first-order chi connectivity index (χ1) is 14.5. The lowest BCUT2D eigenvalue weighted by molar-refractivity contribution is -0.121. The number of thiophene rings is 1. The van der Waals surface area contributed by atoms with E-state index in [1.54, 1.807) is 17.4 Å². The molecular weight excluding hydrogens is 435 g/mol. The lowest BCUT2D eigenvalue weighted by atomic mass is 9.93. The van der Waals surface area contributed by atoms with Crippen molar-refractivity contribution in [1.82, 2.24) is 9.88 Å². The summed E-state index contributed by atoms with van der Waals surface area (Å²) in [4.78, 5) is 14.0. The van der Waals surface area contributed by atoms with Crippen molar-refractivity contribution in [3.8, 4) is 0 Å². The highest BCUT2D eigenvalue weighted by molar-refractivity contribution is 7.10. The van der Waals surface area contributed by atoms with Crippen LogP contribution in [0.1, 0.15) is 28.3 Å². The Kier molecular flexibility index (Phi) is 6.47. The highest BCUT2D eigenvalue weighted by Gasteiger charge is 2.23. The Balaban J connectivity index is 1.49. The van der Waals surface area contributed by atoms with Crippen molar-refractivity contribution in [1.29, 1.82) is 0 Å². The maximum Gasteiger partial charge on any atom is 0.220 e. The molecule has 2 aromatic heterocycles. The smallest absolute Gasteiger partial charge is 0.220 e. The van der Waals surface area contributed by atoms with Crippen LogP contribution in [0.25, 0.3) is 10.9 Å². The van der Waals surface area contributed by atoms with E-state index in [9.17, 15) is 4.79 Å². The number of nitrogens with zero attached hydrogens (tertiary/aromatic N) is 1. The summed E-state index contributed by atoms with van der Waals surface area (Å²) in [6.07, 6.45) is 3.22. The van der Waals surface area contributed by atoms with E-state index >= 15 is 0 Å². The SMILES string of the molecule is Cn1cc(C(CC(=O)NCCc2ccc(Cl)cc2Cl)c2cccs2)c2ccccc21. The van der Waals surface area contributed by atoms with E-state index in [-0.39, 0.29) is 11.8 Å². The van der Waals surface area contributed by atoms with Gasteiger partial charge in [0, 0.05) is 58.0 Å². The van der Waals surface area contributed by atoms with E-state index in [1.807, 2.05) is 37.4 Å². The van der Waals surface area contributed by atoms with Crippen molar-refractivity contribution in [2.24, 2.45) is 7.05 Å². The molecule has 3 nitrogen and oxygen atoms in total. The molecule has 30 heavy (non-hydrogen) atoms. The van der Waals surface area contributed by atoms with Crippen LogP contribution in [0.15, 0.2) is 66.2 Å². The first-order valence-corrected chi connectivity index (χ1v) is 11.4. The molecule has 0 aliphatic carbocycles. The number of halogens is 2. The third kappa shape index (κ3) is 4.56. The number of fused-ring (bicyclic) bond motifs is 1. The molecule has 2 aromatic carbocycles. The van der Waals surface area contributed by atoms with E-state index in [0.717, 1.165) is 5.56 Å². The van der Waals surface area contributed by atoms with E-state index < -0.39 is 0 Å². The summed E-state index contributed by atoms with van der Waals surface area (Å²) >= 11 is 13.9. The Hall–Kier alpha value is -2.27. The van der Waals surface area contributed by atoms with Crippen LogP contribution < -0.4 is 5.32 Å². The molecule has 0 saturated heterocycles. The number of amides is 1. The molecule has 1 amide bonds. The van der Waals surface area contributed by atoms with Gasteiger partial charge in [-0.05, 0) is 47.2 Å². The van der Waals surface area contributed by atoms with Gasteiger partial charge in [0.05, 0.1) is 0 Å². The summed E-state index contributed by atoms with van der Waals surface area (Å²) in [6.45, 7) is 0.535. The lowest BCUT2D eigenvalue weighted by Crippen LogP contribution is -2.27. The summed E-state index contributed by atoms with van der Waals surface area (Å²) in [5, 5.41) is 7.56. The van der Waals surface area contributed by atoms with E-state index in [2.05, 4.69) is 39.7 Å². The van der Waals surface area contributed by atoms with Gasteiger partial charge in [0.25, 0.3) is 0 Å². The standard InChI is InChI=1S/C24H22Cl2N2OS/c1-28-15-20(18-5-2-3-6-22(18)28)19(23-7-4-12-30-23)14-24(29)27-11-10-16-8-9-17(25)13-21(16)26/h2-9,12-13,15,19H,10-11,14H2,1H3,(H,27,29). The number of aromatic nitrogens is 1. The Labute approximate surface area is 190 Å². The van der Waals surface area contributed by atoms with Crippen LogP contribution in [0.2, 0.25) is 10.0 Å². The fraction of sp³-hybridized carbons (Fsp3) is 0.208. The summed E-state index contributed by atoms with van der Waals surface area (Å²) in [5.41, 5.74) is 3.34. The van der Waals surface area contributed by atoms with Crippen LogP contribution in [0.5, 0.6) is 0 Å². The summed E-state index contributed by atoms with van der Waals surface area (Å²) in [7, 11) is 2.05. The van der Waals surface area contributed by atoms with Crippen molar-refractivity contribution >= 4 is 51.3 Å². The normalized spacial score (nSPS) is 12.2. The van der Waals surface area contributed by atoms with Crippen LogP contribution in [-0.4, -0.2) is 17.0 Å². The zero-order valence-electron chi connectivity index (χ0n) is 16.6. The number of carbonyl (C=O) groups is 1. The predicted octanol–water partition coefficient (Wildman–Crippen LogP) is 6.43. The molecule has 0 aliphatic heterocycles. The molecular formula is C24H22Cl2N2OS. The number of para-hydroxylation sites is 1. The summed E-state index contributed by atoms with van der Waals surface area (Å²) in [5.74, 6) is 0.0571. The second kappa shape index (κ2) is 9.25. The number of aryl methyl sites for hydroxylation is 1. The van der Waals surface area contributed by atoms with Gasteiger partial charge >= 0.3 is 0 Å². The second-order valence-electron chi connectivity index (χ2n) is 7.32. The van der Waals surface area contributed by atoms with Crippen molar-refractivity contribution in [3.05, 3.63) is 92.2 Å². The number of hydrogen-bond acceptors (Lipinski definition) is 2. The minimum absolute atomic E-state index is 0.0234. The fourth-order valence-corrected chi connectivity index (χ4v) is 5.17. The molecule has 4 aromatic rings. The van der Waals surface area contributed by atoms with E-state index in [0.29, 0.717) is 29.4 Å². The highest BCUT2D eigenvalue weighted by atomic mass is 35.5. The van der Waals surface area contributed by atoms with Gasteiger partial charge in [0.1, 0.15) is 0 Å². The monoisotopic (exact) mass is 456 g/mol. The molecule has 0 fully saturated rings. The maximum absolute atomic E-state index is 12.8. The van der Waals surface area contributed by atoms with Crippen molar-refractivity contribution in [2.75, 3.05) is 6.54 Å². The second-order valence-corrected chi connectivity index (χ2v) is 9.14. The molecule has 154 valence electrons. The molecule has 1 N–H and O–H groups in total. The van der Waals surface area contributed by atoms with Gasteiger partial charge in [-0.25, -0.2) is 0 Å². The number of carbonyl (C=O) groups excluding carboxylic acids is 1. The molecule has 4 rings (SSSR count). The number of hydrogen-bond donors (Lipinski definition) is 1. The summed E-state index contributed by atoms with van der Waals surface area (Å²) in [6, 6.07) is 17.9. The van der Waals surface area contributed by atoms with Gasteiger partial charge in [-0.1, -0.05) is 53.5 Å². The van der Waals surface area contributed by atoms with Gasteiger partial charge in [-0.3, -0.25) is 4.79 Å². The third-order valence-corrected chi connectivity index (χ3v) is 6.88. The minimum Gasteiger partial charge on any atom is -0.356 e. The van der Waals surface area contributed by atoms with Gasteiger partial charge in [-0.2, -0.15) is 0 Å². The van der Waals surface area contributed by atoms with Crippen molar-refractivity contribution in [3.63, 3.8) is 0 Å². The van der Waals surface area contributed by atoms with E-state index in [1.165, 1.54) is 21.3 Å². The molecule has 1 unspecified atom stereocenters. The van der Waals surface area contributed by atoms with Crippen LogP contribution in [-0.2, 0) is 18.3 Å². The molecule has 6 heteroatoms. The average Bonchev–Trinajstić information content (AvgIpc) is 3.37. The van der Waals surface area contributed by atoms with Crippen LogP contribution in [0.3, 0.4) is 0 Å². The number of benzene rings is 2. The average molecular weight is 457 g/mol. The molecule has 1 atom stereocenters. The van der Waals surface area contributed by atoms with Gasteiger partial charge < -0.3 is 9.88 Å². The molecule has 0 bridgehead atoms. The Morgan fingerprint density at radius 3 is 2.73 bits per heavy atom. The molecule has 2 heterocycles. The predicted molar refractivity (Wildman–Crippen MR) is 127 cm³/mol. The van der Waals surface area contributed by atoms with Crippen LogP contribution >= 0.6 is 34.5 Å². The quantitative estimate of drug-likeness (QED) is 0.341. The largest absolute Gasteiger partial charge is 0.356 e. The molecule has 0 radical (unpaired) electrons. The molecule has 0 aliphatic rings. The Morgan fingerprint density at radius 1 is 1.13 bits per heavy atom. The maximum atomic E-state index is 12.8. The summed E-state index contributed by atoms with van der Waals surface area (Å²) < 4.78 is 2.13. The minimum atomic E-state index is 0.0234. The zero-order valence-corrected chi connectivity index (χ0v) is 18.9. The lowest BCUT2D eigenvalue weighted by Gasteiger charge is -2.15. The van der Waals surface area contributed by atoms with Crippen LogP contribution in [0.4, 0.5) is 0 Å². The first kappa shape index (κ1) is 21.0. The molecule has 0 spiro atoms.